The van der Waals surface area contributed by atoms with Crippen molar-refractivity contribution in [2.75, 3.05) is 82.5 Å². The summed E-state index contributed by atoms with van der Waals surface area (Å²) >= 11 is 0. The second-order valence-corrected chi connectivity index (χ2v) is 10.5. The van der Waals surface area contributed by atoms with Gasteiger partial charge < -0.3 is 29.0 Å². The number of nitrogens with one attached hydrogen (secondary N) is 1. The van der Waals surface area contributed by atoms with Crippen LogP contribution >= 0.6 is 0 Å². The van der Waals surface area contributed by atoms with E-state index in [4.69, 9.17) is 18.9 Å². The van der Waals surface area contributed by atoms with Gasteiger partial charge in [0.15, 0.2) is 0 Å². The van der Waals surface area contributed by atoms with Crippen LogP contribution < -0.4 is 15.1 Å². The summed E-state index contributed by atoms with van der Waals surface area (Å²) in [6, 6.07) is 8.58. The van der Waals surface area contributed by atoms with E-state index in [2.05, 4.69) is 32.1 Å². The van der Waals surface area contributed by atoms with Crippen molar-refractivity contribution in [3.63, 3.8) is 0 Å². The molecule has 9 heteroatoms. The number of pyridine rings is 1. The summed E-state index contributed by atoms with van der Waals surface area (Å²) in [4.78, 5) is 24.2. The lowest BCUT2D eigenvalue weighted by Crippen LogP contribution is -2.47. The number of furan rings is 1. The fourth-order valence-corrected chi connectivity index (χ4v) is 5.76. The van der Waals surface area contributed by atoms with Gasteiger partial charge in [0.25, 0.3) is 0 Å². The van der Waals surface area contributed by atoms with Crippen LogP contribution in [0.1, 0.15) is 32.1 Å². The van der Waals surface area contributed by atoms with Crippen LogP contribution in [-0.4, -0.2) is 94.6 Å². The lowest BCUT2D eigenvalue weighted by Gasteiger charge is -2.37. The maximum Gasteiger partial charge on any atom is 0.246 e. The predicted octanol–water partition coefficient (Wildman–Crippen LogP) is 3.01. The van der Waals surface area contributed by atoms with Crippen LogP contribution in [0.3, 0.4) is 0 Å². The third-order valence-corrected chi connectivity index (χ3v) is 7.98. The first-order chi connectivity index (χ1) is 18.2. The summed E-state index contributed by atoms with van der Waals surface area (Å²) in [6.07, 6.45) is 7.53. The zero-order valence-corrected chi connectivity index (χ0v) is 22.1. The first kappa shape index (κ1) is 26.0. The van der Waals surface area contributed by atoms with Gasteiger partial charge in [-0.25, -0.2) is 4.98 Å². The minimum atomic E-state index is 0.00470. The van der Waals surface area contributed by atoms with Gasteiger partial charge in [0, 0.05) is 58.0 Å². The van der Waals surface area contributed by atoms with E-state index in [1.807, 2.05) is 12.1 Å². The predicted molar refractivity (Wildman–Crippen MR) is 144 cm³/mol. The molecule has 2 aliphatic heterocycles. The average Bonchev–Trinajstić information content (AvgIpc) is 3.49. The highest BCUT2D eigenvalue weighted by molar-refractivity contribution is 5.77. The number of methoxy groups -OCH3 is 1. The fourth-order valence-electron chi connectivity index (χ4n) is 5.76. The summed E-state index contributed by atoms with van der Waals surface area (Å²) < 4.78 is 16.2. The third-order valence-electron chi connectivity index (χ3n) is 7.98. The van der Waals surface area contributed by atoms with Gasteiger partial charge >= 0.3 is 0 Å². The molecule has 3 aliphatic rings. The van der Waals surface area contributed by atoms with Gasteiger partial charge in [0.1, 0.15) is 24.0 Å². The number of rotatable bonds is 9. The molecule has 3 fully saturated rings. The Morgan fingerprint density at radius 3 is 2.38 bits per heavy atom. The Bertz CT molecular complexity index is 978. The molecule has 202 valence electrons. The van der Waals surface area contributed by atoms with Gasteiger partial charge in [0.2, 0.25) is 5.91 Å². The Kier molecular flexibility index (Phi) is 8.97. The molecule has 0 unspecified atom stereocenters. The van der Waals surface area contributed by atoms with Crippen LogP contribution in [0.2, 0.25) is 0 Å². The van der Waals surface area contributed by atoms with E-state index >= 15 is 0 Å². The minimum absolute atomic E-state index is 0.00470. The molecule has 4 heterocycles. The Balaban J connectivity index is 1.12. The van der Waals surface area contributed by atoms with Gasteiger partial charge in [-0.15, -0.1) is 0 Å². The van der Waals surface area contributed by atoms with Crippen LogP contribution in [0.4, 0.5) is 11.6 Å². The number of carbonyl (C=O) groups is 1. The van der Waals surface area contributed by atoms with Crippen molar-refractivity contribution >= 4 is 17.5 Å². The molecule has 0 bridgehead atoms. The van der Waals surface area contributed by atoms with Crippen LogP contribution in [0, 0.1) is 5.92 Å². The van der Waals surface area contributed by atoms with E-state index in [-0.39, 0.29) is 12.5 Å². The Morgan fingerprint density at radius 1 is 1.03 bits per heavy atom. The Morgan fingerprint density at radius 2 is 1.73 bits per heavy atom. The second kappa shape index (κ2) is 12.8. The number of anilines is 2. The number of amides is 1. The van der Waals surface area contributed by atoms with Crippen LogP contribution in [0.15, 0.2) is 34.9 Å². The van der Waals surface area contributed by atoms with Crippen molar-refractivity contribution < 1.29 is 18.7 Å². The van der Waals surface area contributed by atoms with Gasteiger partial charge in [0.05, 0.1) is 19.5 Å². The minimum Gasteiger partial charge on any atom is -0.464 e. The van der Waals surface area contributed by atoms with Gasteiger partial charge in [-0.3, -0.25) is 9.69 Å². The summed E-state index contributed by atoms with van der Waals surface area (Å²) in [5.41, 5.74) is 1.08. The highest BCUT2D eigenvalue weighted by atomic mass is 16.5. The molecule has 1 amide bonds. The van der Waals surface area contributed by atoms with E-state index in [0.717, 1.165) is 101 Å². The van der Waals surface area contributed by atoms with Crippen molar-refractivity contribution in [1.82, 2.24) is 15.2 Å². The van der Waals surface area contributed by atoms with Gasteiger partial charge in [-0.2, -0.15) is 0 Å². The number of piperazine rings is 1. The van der Waals surface area contributed by atoms with Crippen molar-refractivity contribution in [1.29, 1.82) is 0 Å². The largest absolute Gasteiger partial charge is 0.464 e. The molecule has 0 aromatic carbocycles. The summed E-state index contributed by atoms with van der Waals surface area (Å²) in [6.45, 7) is 8.60. The number of nitrogens with zero attached hydrogens (tertiary/aromatic N) is 4. The first-order valence-electron chi connectivity index (χ1n) is 13.8. The number of ether oxygens (including phenoxy) is 2. The molecule has 9 nitrogen and oxygen atoms in total. The highest BCUT2D eigenvalue weighted by Crippen LogP contribution is 2.30. The molecule has 1 saturated carbocycles. The molecule has 0 spiro atoms. The maximum absolute atomic E-state index is 11.8. The molecule has 0 radical (unpaired) electrons. The normalized spacial score (nSPS) is 23.3. The smallest absolute Gasteiger partial charge is 0.246 e. The van der Waals surface area contributed by atoms with E-state index in [0.29, 0.717) is 6.04 Å². The molecule has 2 aromatic rings. The zero-order valence-electron chi connectivity index (χ0n) is 22.1. The standard InChI is InChI=1S/C28H41N5O4/c1-35-21-28(34)29-24-6-4-22(5-7-24)8-9-31-10-12-32(13-11-31)26-19-23(25-3-2-16-37-25)20-27(30-26)33-14-17-36-18-15-33/h2-3,16,19-20,22,24H,4-15,17-18,21H2,1H3,(H,29,34)/t22-,24-. The zero-order chi connectivity index (χ0) is 25.5. The van der Waals surface area contributed by atoms with Gasteiger partial charge in [-0.1, -0.05) is 0 Å². The van der Waals surface area contributed by atoms with Crippen molar-refractivity contribution in [3.05, 3.63) is 30.5 Å². The number of hydrogen-bond donors (Lipinski definition) is 1. The number of aromatic nitrogens is 1. The molecule has 1 aliphatic carbocycles. The van der Waals surface area contributed by atoms with Crippen molar-refractivity contribution in [2.24, 2.45) is 5.92 Å². The van der Waals surface area contributed by atoms with E-state index in [9.17, 15) is 4.79 Å². The van der Waals surface area contributed by atoms with Crippen LogP contribution in [-0.2, 0) is 14.3 Å². The van der Waals surface area contributed by atoms with Crippen LogP contribution in [0.25, 0.3) is 11.3 Å². The number of carbonyl (C=O) groups excluding carboxylic acids is 1. The monoisotopic (exact) mass is 511 g/mol. The Hall–Kier alpha value is -2.62. The quantitative estimate of drug-likeness (QED) is 0.550. The SMILES string of the molecule is COCC(=O)N[C@H]1CC[C@H](CCN2CCN(c3cc(-c4ccco4)cc(N4CCOCC4)n3)CC2)CC1. The second-order valence-electron chi connectivity index (χ2n) is 10.5. The summed E-state index contributed by atoms with van der Waals surface area (Å²) in [7, 11) is 1.56. The molecule has 37 heavy (non-hydrogen) atoms. The number of hydrogen-bond acceptors (Lipinski definition) is 8. The first-order valence-corrected chi connectivity index (χ1v) is 13.8. The molecular weight excluding hydrogens is 470 g/mol. The fraction of sp³-hybridized carbons (Fsp3) is 0.643. The summed E-state index contributed by atoms with van der Waals surface area (Å²) in [5.74, 6) is 3.68. The topological polar surface area (TPSA) is 83.3 Å². The highest BCUT2D eigenvalue weighted by Gasteiger charge is 2.25. The van der Waals surface area contributed by atoms with E-state index < -0.39 is 0 Å². The van der Waals surface area contributed by atoms with Crippen molar-refractivity contribution in [3.8, 4) is 11.3 Å². The molecule has 2 saturated heterocycles. The molecule has 1 N–H and O–H groups in total. The van der Waals surface area contributed by atoms with E-state index in [1.165, 1.54) is 19.3 Å². The molecule has 2 aromatic heterocycles. The third kappa shape index (κ3) is 7.03. The molecule has 0 atom stereocenters. The van der Waals surface area contributed by atoms with Crippen LogP contribution in [0.5, 0.6) is 0 Å². The average molecular weight is 512 g/mol. The Labute approximate surface area is 220 Å². The summed E-state index contributed by atoms with van der Waals surface area (Å²) in [5, 5.41) is 3.10. The van der Waals surface area contributed by atoms with E-state index in [1.54, 1.807) is 13.4 Å². The lowest BCUT2D eigenvalue weighted by molar-refractivity contribution is -0.125. The number of morpholine rings is 1. The lowest BCUT2D eigenvalue weighted by atomic mass is 9.84. The van der Waals surface area contributed by atoms with Gasteiger partial charge in [-0.05, 0) is 68.8 Å². The molecular formula is C28H41N5O4. The van der Waals surface area contributed by atoms with Crippen molar-refractivity contribution in [2.45, 2.75) is 38.1 Å². The maximum atomic E-state index is 11.8. The molecule has 5 rings (SSSR count).